The number of fused-ring (bicyclic) bond motifs is 1. The van der Waals surface area contributed by atoms with Crippen LogP contribution < -0.4 is 20.7 Å². The van der Waals surface area contributed by atoms with Crippen molar-refractivity contribution in [1.82, 2.24) is 10.6 Å². The number of nitrogens with one attached hydrogen (secondary N) is 3. The molecule has 3 N–H and O–H groups in total. The molecule has 0 radical (unpaired) electrons. The topological polar surface area (TPSA) is 79.5 Å². The summed E-state index contributed by atoms with van der Waals surface area (Å²) in [5, 5.41) is 9.78. The first-order chi connectivity index (χ1) is 14.8. The SMILES string of the molecule is CCC(C)NC(=O)c1ccc(NC(=S)NC(=O)c2sc3cc(OC)ccc3c2Cl)cc1. The zero-order valence-electron chi connectivity index (χ0n) is 17.2. The number of hydrogen-bond acceptors (Lipinski definition) is 5. The molecule has 162 valence electrons. The Hall–Kier alpha value is -2.68. The Morgan fingerprint density at radius 3 is 2.52 bits per heavy atom. The van der Waals surface area contributed by atoms with Crippen LogP contribution in [0, 0.1) is 0 Å². The minimum atomic E-state index is -0.396. The van der Waals surface area contributed by atoms with Gasteiger partial charge in [0.15, 0.2) is 5.11 Å². The van der Waals surface area contributed by atoms with Gasteiger partial charge in [0.2, 0.25) is 0 Å². The normalized spacial score (nSPS) is 11.6. The Morgan fingerprint density at radius 2 is 1.87 bits per heavy atom. The number of hydrogen-bond donors (Lipinski definition) is 3. The molecule has 0 saturated heterocycles. The molecule has 3 rings (SSSR count). The van der Waals surface area contributed by atoms with Gasteiger partial charge in [-0.25, -0.2) is 0 Å². The molecule has 3 aromatic rings. The van der Waals surface area contributed by atoms with Crippen LogP contribution in [-0.4, -0.2) is 30.1 Å². The second-order valence-corrected chi connectivity index (χ2v) is 8.71. The van der Waals surface area contributed by atoms with Crippen LogP contribution in [0.5, 0.6) is 5.75 Å². The van der Waals surface area contributed by atoms with E-state index < -0.39 is 5.91 Å². The lowest BCUT2D eigenvalue weighted by Gasteiger charge is -2.12. The maximum atomic E-state index is 12.7. The molecule has 1 unspecified atom stereocenters. The van der Waals surface area contributed by atoms with Crippen LogP contribution in [0.2, 0.25) is 5.02 Å². The molecule has 1 heterocycles. The molecule has 0 aliphatic rings. The van der Waals surface area contributed by atoms with E-state index in [2.05, 4.69) is 16.0 Å². The third-order valence-electron chi connectivity index (χ3n) is 4.66. The summed E-state index contributed by atoms with van der Waals surface area (Å²) in [5.74, 6) is 0.163. The molecular formula is C22H22ClN3O3S2. The highest BCUT2D eigenvalue weighted by Crippen LogP contribution is 2.37. The molecule has 0 aliphatic carbocycles. The Balaban J connectivity index is 1.64. The largest absolute Gasteiger partial charge is 0.497 e. The summed E-state index contributed by atoms with van der Waals surface area (Å²) in [7, 11) is 1.58. The first kappa shape index (κ1) is 23.0. The standard InChI is InChI=1S/C22H22ClN3O3S2/c1-4-12(2)24-20(27)13-5-7-14(8-6-13)25-22(30)26-21(28)19-18(23)16-10-9-15(29-3)11-17(16)31-19/h5-12H,4H2,1-3H3,(H,24,27)(H2,25,26,28,30). The summed E-state index contributed by atoms with van der Waals surface area (Å²) in [6.07, 6.45) is 0.858. The van der Waals surface area contributed by atoms with Gasteiger partial charge in [0.25, 0.3) is 11.8 Å². The van der Waals surface area contributed by atoms with Crippen molar-refractivity contribution in [3.63, 3.8) is 0 Å². The molecule has 9 heteroatoms. The predicted octanol–water partition coefficient (Wildman–Crippen LogP) is 5.22. The lowest BCUT2D eigenvalue weighted by molar-refractivity contribution is 0.0937. The molecule has 2 amide bonds. The minimum absolute atomic E-state index is 0.106. The summed E-state index contributed by atoms with van der Waals surface area (Å²) in [5.41, 5.74) is 1.20. The van der Waals surface area contributed by atoms with Crippen molar-refractivity contribution in [2.24, 2.45) is 0 Å². The van der Waals surface area contributed by atoms with E-state index in [1.165, 1.54) is 11.3 Å². The molecule has 31 heavy (non-hydrogen) atoms. The number of amides is 2. The molecule has 0 bridgehead atoms. The third kappa shape index (κ3) is 5.52. The minimum Gasteiger partial charge on any atom is -0.497 e. The number of thiophene rings is 1. The lowest BCUT2D eigenvalue weighted by Crippen LogP contribution is -2.34. The average Bonchev–Trinajstić information content (AvgIpc) is 3.09. The van der Waals surface area contributed by atoms with Crippen LogP contribution >= 0.6 is 35.2 Å². The fourth-order valence-electron chi connectivity index (χ4n) is 2.75. The van der Waals surface area contributed by atoms with Gasteiger partial charge in [0, 0.05) is 27.4 Å². The summed E-state index contributed by atoms with van der Waals surface area (Å²) < 4.78 is 6.06. The molecule has 1 atom stereocenters. The molecule has 1 aromatic heterocycles. The van der Waals surface area contributed by atoms with E-state index in [0.717, 1.165) is 16.5 Å². The van der Waals surface area contributed by atoms with Crippen LogP contribution in [0.15, 0.2) is 42.5 Å². The molecular weight excluding hydrogens is 454 g/mol. The van der Waals surface area contributed by atoms with Gasteiger partial charge in [-0.3, -0.25) is 14.9 Å². The smallest absolute Gasteiger partial charge is 0.269 e. The van der Waals surface area contributed by atoms with Gasteiger partial charge in [-0.05, 0) is 68.0 Å². The quantitative estimate of drug-likeness (QED) is 0.426. The van der Waals surface area contributed by atoms with Gasteiger partial charge in [0.1, 0.15) is 10.6 Å². The highest BCUT2D eigenvalue weighted by Gasteiger charge is 2.18. The van der Waals surface area contributed by atoms with E-state index in [-0.39, 0.29) is 17.1 Å². The monoisotopic (exact) mass is 475 g/mol. The molecule has 0 aliphatic heterocycles. The Bertz CT molecular complexity index is 1130. The Morgan fingerprint density at radius 1 is 1.16 bits per heavy atom. The van der Waals surface area contributed by atoms with Crippen molar-refractivity contribution in [3.05, 3.63) is 57.9 Å². The van der Waals surface area contributed by atoms with Crippen LogP contribution in [-0.2, 0) is 0 Å². The van der Waals surface area contributed by atoms with E-state index >= 15 is 0 Å². The summed E-state index contributed by atoms with van der Waals surface area (Å²) in [6.45, 7) is 3.96. The van der Waals surface area contributed by atoms with Gasteiger partial charge >= 0.3 is 0 Å². The van der Waals surface area contributed by atoms with Crippen LogP contribution in [0.3, 0.4) is 0 Å². The van der Waals surface area contributed by atoms with Crippen molar-refractivity contribution < 1.29 is 14.3 Å². The number of halogens is 1. The van der Waals surface area contributed by atoms with Crippen LogP contribution in [0.25, 0.3) is 10.1 Å². The van der Waals surface area contributed by atoms with Gasteiger partial charge in [0.05, 0.1) is 12.1 Å². The second-order valence-electron chi connectivity index (χ2n) is 6.88. The average molecular weight is 476 g/mol. The molecule has 0 spiro atoms. The molecule has 2 aromatic carbocycles. The van der Waals surface area contributed by atoms with Crippen molar-refractivity contribution in [3.8, 4) is 5.75 Å². The van der Waals surface area contributed by atoms with E-state index in [0.29, 0.717) is 26.9 Å². The second kappa shape index (κ2) is 10.1. The first-order valence-corrected chi connectivity index (χ1v) is 11.2. The summed E-state index contributed by atoms with van der Waals surface area (Å²) in [4.78, 5) is 25.2. The van der Waals surface area contributed by atoms with E-state index in [1.54, 1.807) is 37.4 Å². The van der Waals surface area contributed by atoms with Crippen molar-refractivity contribution in [2.45, 2.75) is 26.3 Å². The summed E-state index contributed by atoms with van der Waals surface area (Å²) in [6, 6.07) is 12.4. The van der Waals surface area contributed by atoms with Gasteiger partial charge in [-0.2, -0.15) is 0 Å². The van der Waals surface area contributed by atoms with Crippen LogP contribution in [0.1, 0.15) is 40.3 Å². The van der Waals surface area contributed by atoms with Crippen molar-refractivity contribution in [2.75, 3.05) is 12.4 Å². The zero-order valence-corrected chi connectivity index (χ0v) is 19.6. The number of ether oxygens (including phenoxy) is 1. The van der Waals surface area contributed by atoms with Gasteiger partial charge in [-0.15, -0.1) is 11.3 Å². The maximum absolute atomic E-state index is 12.7. The highest BCUT2D eigenvalue weighted by molar-refractivity contribution is 7.80. The lowest BCUT2D eigenvalue weighted by atomic mass is 10.1. The predicted molar refractivity (Wildman–Crippen MR) is 131 cm³/mol. The van der Waals surface area contributed by atoms with Crippen molar-refractivity contribution >= 4 is 67.9 Å². The number of anilines is 1. The zero-order chi connectivity index (χ0) is 22.5. The number of thiocarbonyl (C=S) groups is 1. The number of carbonyl (C=O) groups excluding carboxylic acids is 2. The van der Waals surface area contributed by atoms with E-state index in [9.17, 15) is 9.59 Å². The van der Waals surface area contributed by atoms with Gasteiger partial charge < -0.3 is 15.4 Å². The maximum Gasteiger partial charge on any atom is 0.269 e. The fraction of sp³-hybridized carbons (Fsp3) is 0.227. The van der Waals surface area contributed by atoms with Gasteiger partial charge in [-0.1, -0.05) is 18.5 Å². The first-order valence-electron chi connectivity index (χ1n) is 9.61. The van der Waals surface area contributed by atoms with Crippen molar-refractivity contribution in [1.29, 1.82) is 0 Å². The number of carbonyl (C=O) groups is 2. The highest BCUT2D eigenvalue weighted by atomic mass is 35.5. The molecule has 0 saturated carbocycles. The Kier molecular flexibility index (Phi) is 7.48. The van der Waals surface area contributed by atoms with Crippen LogP contribution in [0.4, 0.5) is 5.69 Å². The van der Waals surface area contributed by atoms with E-state index in [1.807, 2.05) is 26.0 Å². The molecule has 6 nitrogen and oxygen atoms in total. The molecule has 0 fully saturated rings. The van der Waals surface area contributed by atoms with E-state index in [4.69, 9.17) is 28.6 Å². The Labute approximate surface area is 194 Å². The third-order valence-corrected chi connectivity index (χ3v) is 6.52. The number of rotatable bonds is 6. The fourth-order valence-corrected chi connectivity index (χ4v) is 4.41. The summed E-state index contributed by atoms with van der Waals surface area (Å²) >= 11 is 12.9. The number of methoxy groups -OCH3 is 1. The number of benzene rings is 2.